The van der Waals surface area contributed by atoms with E-state index in [-0.39, 0.29) is 10.8 Å². The highest BCUT2D eigenvalue weighted by atomic mass is 32.2. The van der Waals surface area contributed by atoms with Gasteiger partial charge in [0.25, 0.3) is 5.91 Å². The molecule has 30 heavy (non-hydrogen) atoms. The molecule has 2 aliphatic rings. The summed E-state index contributed by atoms with van der Waals surface area (Å²) in [7, 11) is -3.64. The number of benzene rings is 2. The van der Waals surface area contributed by atoms with Gasteiger partial charge in [0.15, 0.2) is 0 Å². The molecule has 4 rings (SSSR count). The maximum atomic E-state index is 12.8. The second kappa shape index (κ2) is 8.75. The Morgan fingerprint density at radius 3 is 2.47 bits per heavy atom. The topological polar surface area (TPSA) is 79.0 Å². The summed E-state index contributed by atoms with van der Waals surface area (Å²) < 4.78 is 32.3. The summed E-state index contributed by atoms with van der Waals surface area (Å²) in [5.41, 5.74) is 2.13. The molecule has 0 aliphatic carbocycles. The summed E-state index contributed by atoms with van der Waals surface area (Å²) in [6, 6.07) is 13.9. The molecule has 1 amide bonds. The maximum absolute atomic E-state index is 12.8. The molecule has 8 heteroatoms. The van der Waals surface area contributed by atoms with Gasteiger partial charge in [-0.25, -0.2) is 8.42 Å². The Bertz CT molecular complexity index is 1000. The third kappa shape index (κ3) is 4.50. The third-order valence-electron chi connectivity index (χ3n) is 5.62. The van der Waals surface area contributed by atoms with E-state index in [1.165, 1.54) is 22.9 Å². The van der Waals surface area contributed by atoms with Gasteiger partial charge < -0.3 is 15.0 Å². The zero-order valence-corrected chi connectivity index (χ0v) is 17.9. The van der Waals surface area contributed by atoms with Crippen molar-refractivity contribution >= 4 is 27.3 Å². The zero-order chi connectivity index (χ0) is 21.1. The van der Waals surface area contributed by atoms with Gasteiger partial charge in [-0.05, 0) is 54.8 Å². The van der Waals surface area contributed by atoms with Crippen LogP contribution in [-0.2, 0) is 14.8 Å². The molecule has 1 atom stereocenters. The average Bonchev–Trinajstić information content (AvgIpc) is 3.21. The van der Waals surface area contributed by atoms with Crippen molar-refractivity contribution in [3.8, 4) is 0 Å². The minimum absolute atomic E-state index is 0.121. The Kier molecular flexibility index (Phi) is 6.08. The lowest BCUT2D eigenvalue weighted by Gasteiger charge is -2.26. The lowest BCUT2D eigenvalue weighted by atomic mass is 10.2. The lowest BCUT2D eigenvalue weighted by molar-refractivity contribution is 0.0730. The third-order valence-corrected chi connectivity index (χ3v) is 7.51. The Morgan fingerprint density at radius 1 is 1.07 bits per heavy atom. The van der Waals surface area contributed by atoms with Crippen LogP contribution < -0.4 is 10.2 Å². The molecular weight excluding hydrogens is 402 g/mol. The number of sulfonamides is 1. The molecule has 0 radical (unpaired) electrons. The fourth-order valence-corrected chi connectivity index (χ4v) is 5.32. The van der Waals surface area contributed by atoms with Crippen LogP contribution in [0.3, 0.4) is 0 Å². The number of rotatable bonds is 5. The molecule has 160 valence electrons. The molecule has 2 aromatic rings. The minimum Gasteiger partial charge on any atom is -0.379 e. The minimum atomic E-state index is -3.64. The fourth-order valence-electron chi connectivity index (χ4n) is 3.86. The Hall–Kier alpha value is -2.42. The molecule has 2 fully saturated rings. The number of ether oxygens (including phenoxy) is 1. The van der Waals surface area contributed by atoms with Crippen LogP contribution in [0.25, 0.3) is 0 Å². The monoisotopic (exact) mass is 429 g/mol. The highest BCUT2D eigenvalue weighted by Gasteiger charge is 2.27. The molecule has 2 heterocycles. The van der Waals surface area contributed by atoms with Gasteiger partial charge in [0.1, 0.15) is 0 Å². The molecule has 0 bridgehead atoms. The van der Waals surface area contributed by atoms with Gasteiger partial charge >= 0.3 is 0 Å². The first-order chi connectivity index (χ1) is 14.4. The van der Waals surface area contributed by atoms with Crippen LogP contribution in [0.1, 0.15) is 23.7 Å². The van der Waals surface area contributed by atoms with Crippen LogP contribution in [-0.4, -0.2) is 58.0 Å². The Labute approximate surface area is 177 Å². The van der Waals surface area contributed by atoms with E-state index < -0.39 is 10.0 Å². The molecule has 0 spiro atoms. The van der Waals surface area contributed by atoms with Gasteiger partial charge in [0.2, 0.25) is 10.0 Å². The van der Waals surface area contributed by atoms with Crippen molar-refractivity contribution in [1.29, 1.82) is 0 Å². The largest absolute Gasteiger partial charge is 0.379 e. The number of anilines is 2. The van der Waals surface area contributed by atoms with Gasteiger partial charge in [0.05, 0.1) is 18.1 Å². The maximum Gasteiger partial charge on any atom is 0.255 e. The van der Waals surface area contributed by atoms with Crippen LogP contribution in [0.15, 0.2) is 53.4 Å². The van der Waals surface area contributed by atoms with Crippen molar-refractivity contribution in [3.63, 3.8) is 0 Å². The van der Waals surface area contributed by atoms with Crippen molar-refractivity contribution in [1.82, 2.24) is 4.31 Å². The van der Waals surface area contributed by atoms with E-state index in [4.69, 9.17) is 4.74 Å². The van der Waals surface area contributed by atoms with Crippen LogP contribution in [0.2, 0.25) is 0 Å². The first-order valence-corrected chi connectivity index (χ1v) is 11.7. The van der Waals surface area contributed by atoms with Crippen molar-refractivity contribution in [2.75, 3.05) is 49.6 Å². The molecule has 1 N–H and O–H groups in total. The van der Waals surface area contributed by atoms with E-state index in [9.17, 15) is 13.2 Å². The van der Waals surface area contributed by atoms with E-state index in [0.29, 0.717) is 43.5 Å². The molecule has 1 unspecified atom stereocenters. The quantitative estimate of drug-likeness (QED) is 0.791. The van der Waals surface area contributed by atoms with E-state index in [1.54, 1.807) is 12.1 Å². The number of carbonyl (C=O) groups excluding carboxylic acids is 1. The van der Waals surface area contributed by atoms with Crippen LogP contribution in [0.4, 0.5) is 11.4 Å². The number of hydrogen-bond donors (Lipinski definition) is 1. The summed E-state index contributed by atoms with van der Waals surface area (Å²) in [5, 5.41) is 2.86. The number of nitrogens with one attached hydrogen (secondary N) is 1. The van der Waals surface area contributed by atoms with Crippen LogP contribution in [0, 0.1) is 5.92 Å². The fraction of sp³-hybridized carbons (Fsp3) is 0.409. The van der Waals surface area contributed by atoms with E-state index in [1.807, 2.05) is 24.3 Å². The normalized spacial score (nSPS) is 20.3. The molecule has 7 nitrogen and oxygen atoms in total. The average molecular weight is 430 g/mol. The molecule has 2 aromatic carbocycles. The van der Waals surface area contributed by atoms with E-state index >= 15 is 0 Å². The summed E-state index contributed by atoms with van der Waals surface area (Å²) in [6.45, 7) is 5.76. The number of amides is 1. The van der Waals surface area contributed by atoms with Crippen LogP contribution in [0.5, 0.6) is 0 Å². The van der Waals surface area contributed by atoms with Gasteiger partial charge in [-0.2, -0.15) is 4.31 Å². The SMILES string of the molecule is CC1CCN(c2ccc(NC(=O)c3cccc(S(=O)(=O)N4CCOCC4)c3)cc2)C1. The first-order valence-electron chi connectivity index (χ1n) is 10.3. The first kappa shape index (κ1) is 20.8. The predicted molar refractivity (Wildman–Crippen MR) is 116 cm³/mol. The smallest absolute Gasteiger partial charge is 0.255 e. The molecule has 0 saturated carbocycles. The van der Waals surface area contributed by atoms with Crippen molar-refractivity contribution < 1.29 is 17.9 Å². The Balaban J connectivity index is 1.45. The van der Waals surface area contributed by atoms with Gasteiger partial charge in [0, 0.05) is 43.1 Å². The van der Waals surface area contributed by atoms with Crippen molar-refractivity contribution in [2.45, 2.75) is 18.2 Å². The van der Waals surface area contributed by atoms with Crippen LogP contribution >= 0.6 is 0 Å². The summed E-state index contributed by atoms with van der Waals surface area (Å²) in [5.74, 6) is 0.363. The summed E-state index contributed by atoms with van der Waals surface area (Å²) in [4.78, 5) is 15.2. The second-order valence-corrected chi connectivity index (χ2v) is 9.82. The van der Waals surface area contributed by atoms with Gasteiger partial charge in [-0.3, -0.25) is 4.79 Å². The number of morpholine rings is 1. The molecule has 0 aromatic heterocycles. The van der Waals surface area contributed by atoms with Gasteiger partial charge in [-0.1, -0.05) is 13.0 Å². The standard InChI is InChI=1S/C22H27N3O4S/c1-17-9-10-24(16-17)20-7-5-19(6-8-20)23-22(26)18-3-2-4-21(15-18)30(27,28)25-11-13-29-14-12-25/h2-8,15,17H,9-14,16H2,1H3,(H,23,26). The summed E-state index contributed by atoms with van der Waals surface area (Å²) >= 11 is 0. The predicted octanol–water partition coefficient (Wildman–Crippen LogP) is 2.81. The molecular formula is C22H27N3O4S. The zero-order valence-electron chi connectivity index (χ0n) is 17.1. The van der Waals surface area contributed by atoms with E-state index in [0.717, 1.165) is 18.8 Å². The highest BCUT2D eigenvalue weighted by molar-refractivity contribution is 7.89. The second-order valence-electron chi connectivity index (χ2n) is 7.89. The summed E-state index contributed by atoms with van der Waals surface area (Å²) in [6.07, 6.45) is 1.20. The number of carbonyl (C=O) groups is 1. The number of nitrogens with zero attached hydrogens (tertiary/aromatic N) is 2. The Morgan fingerprint density at radius 2 is 1.80 bits per heavy atom. The molecule has 2 aliphatic heterocycles. The van der Waals surface area contributed by atoms with E-state index in [2.05, 4.69) is 17.1 Å². The van der Waals surface area contributed by atoms with Gasteiger partial charge in [-0.15, -0.1) is 0 Å². The number of hydrogen-bond acceptors (Lipinski definition) is 5. The van der Waals surface area contributed by atoms with Crippen molar-refractivity contribution in [3.05, 3.63) is 54.1 Å². The lowest BCUT2D eigenvalue weighted by Crippen LogP contribution is -2.40. The highest BCUT2D eigenvalue weighted by Crippen LogP contribution is 2.25. The molecule has 2 saturated heterocycles. The van der Waals surface area contributed by atoms with Crippen molar-refractivity contribution in [2.24, 2.45) is 5.92 Å².